The minimum Gasteiger partial charge on any atom is -0.397 e. The summed E-state index contributed by atoms with van der Waals surface area (Å²) < 4.78 is 1.69. The van der Waals surface area contributed by atoms with Gasteiger partial charge in [0.2, 0.25) is 0 Å². The Morgan fingerprint density at radius 2 is 2.10 bits per heavy atom. The lowest BCUT2D eigenvalue weighted by Crippen LogP contribution is -2.27. The molecule has 0 radical (unpaired) electrons. The Balaban J connectivity index is 1.93. The molecule has 1 aromatic heterocycles. The van der Waals surface area contributed by atoms with Crippen LogP contribution in [0.3, 0.4) is 0 Å². The van der Waals surface area contributed by atoms with E-state index < -0.39 is 0 Å². The van der Waals surface area contributed by atoms with Crippen LogP contribution < -0.4 is 11.1 Å². The van der Waals surface area contributed by atoms with Gasteiger partial charge in [-0.3, -0.25) is 4.79 Å². The topological polar surface area (TPSA) is 60.0 Å². The van der Waals surface area contributed by atoms with Crippen molar-refractivity contribution in [2.45, 2.75) is 6.42 Å². The van der Waals surface area contributed by atoms with E-state index in [2.05, 4.69) is 5.32 Å². The number of aryl methyl sites for hydroxylation is 1. The molecule has 4 nitrogen and oxygen atoms in total. The molecule has 1 amide bonds. The number of carbonyl (C=O) groups excluding carboxylic acids is 1. The van der Waals surface area contributed by atoms with Gasteiger partial charge >= 0.3 is 0 Å². The van der Waals surface area contributed by atoms with Crippen molar-refractivity contribution in [1.82, 2.24) is 9.88 Å². The number of benzene rings is 1. The first kappa shape index (κ1) is 14.8. The van der Waals surface area contributed by atoms with E-state index >= 15 is 0 Å². The van der Waals surface area contributed by atoms with Crippen LogP contribution in [0.1, 0.15) is 16.1 Å². The molecular formula is C14H15Cl2N3O. The summed E-state index contributed by atoms with van der Waals surface area (Å²) in [5.74, 6) is -0.158. The van der Waals surface area contributed by atoms with Crippen molar-refractivity contribution in [3.05, 3.63) is 51.8 Å². The van der Waals surface area contributed by atoms with Crippen molar-refractivity contribution < 1.29 is 4.79 Å². The summed E-state index contributed by atoms with van der Waals surface area (Å²) >= 11 is 11.9. The van der Waals surface area contributed by atoms with Gasteiger partial charge in [0.1, 0.15) is 5.69 Å². The first-order chi connectivity index (χ1) is 9.47. The minimum absolute atomic E-state index is 0.158. The molecule has 1 aromatic carbocycles. The number of hydrogen-bond donors (Lipinski definition) is 2. The average molecular weight is 312 g/mol. The third-order valence-electron chi connectivity index (χ3n) is 2.95. The summed E-state index contributed by atoms with van der Waals surface area (Å²) in [6, 6.07) is 6.97. The number of amides is 1. The molecule has 2 aromatic rings. The highest BCUT2D eigenvalue weighted by molar-refractivity contribution is 6.35. The first-order valence-electron chi connectivity index (χ1n) is 6.11. The highest BCUT2D eigenvalue weighted by Gasteiger charge is 2.10. The molecule has 0 aliphatic heterocycles. The van der Waals surface area contributed by atoms with Gasteiger partial charge in [0, 0.05) is 29.8 Å². The second-order valence-electron chi connectivity index (χ2n) is 4.51. The molecule has 0 saturated heterocycles. The lowest BCUT2D eigenvalue weighted by molar-refractivity contribution is 0.0946. The number of nitrogens with zero attached hydrogens (tertiary/aromatic N) is 1. The standard InChI is InChI=1S/C14H15Cl2N3O/c1-19-8-11(17)7-13(19)14(20)18-5-4-9-2-3-10(15)6-12(9)16/h2-3,6-8H,4-5,17H2,1H3,(H,18,20). The fourth-order valence-corrected chi connectivity index (χ4v) is 2.44. The van der Waals surface area contributed by atoms with Crippen LogP contribution in [0.25, 0.3) is 0 Å². The maximum Gasteiger partial charge on any atom is 0.267 e. The van der Waals surface area contributed by atoms with Gasteiger partial charge in [-0.15, -0.1) is 0 Å². The largest absolute Gasteiger partial charge is 0.397 e. The summed E-state index contributed by atoms with van der Waals surface area (Å²) in [5, 5.41) is 4.04. The average Bonchev–Trinajstić information content (AvgIpc) is 2.71. The second kappa shape index (κ2) is 6.20. The molecule has 0 aliphatic rings. The normalized spacial score (nSPS) is 10.6. The SMILES string of the molecule is Cn1cc(N)cc1C(=O)NCCc1ccc(Cl)cc1Cl. The van der Waals surface area contributed by atoms with Crippen LogP contribution in [0.4, 0.5) is 5.69 Å². The highest BCUT2D eigenvalue weighted by atomic mass is 35.5. The third-order valence-corrected chi connectivity index (χ3v) is 3.54. The van der Waals surface area contributed by atoms with E-state index in [0.29, 0.717) is 34.4 Å². The molecule has 20 heavy (non-hydrogen) atoms. The Bertz CT molecular complexity index is 637. The van der Waals surface area contributed by atoms with Crippen LogP contribution in [0.2, 0.25) is 10.0 Å². The maximum atomic E-state index is 12.0. The number of carbonyl (C=O) groups is 1. The second-order valence-corrected chi connectivity index (χ2v) is 5.35. The highest BCUT2D eigenvalue weighted by Crippen LogP contribution is 2.21. The van der Waals surface area contributed by atoms with Crippen molar-refractivity contribution in [2.24, 2.45) is 7.05 Å². The zero-order valence-electron chi connectivity index (χ0n) is 11.0. The van der Waals surface area contributed by atoms with Crippen LogP contribution in [-0.2, 0) is 13.5 Å². The molecule has 3 N–H and O–H groups in total. The van der Waals surface area contributed by atoms with Crippen molar-refractivity contribution in [3.8, 4) is 0 Å². The number of aromatic nitrogens is 1. The third kappa shape index (κ3) is 3.46. The van der Waals surface area contributed by atoms with Gasteiger partial charge in [-0.25, -0.2) is 0 Å². The quantitative estimate of drug-likeness (QED) is 0.912. The van der Waals surface area contributed by atoms with Gasteiger partial charge in [0.25, 0.3) is 5.91 Å². The van der Waals surface area contributed by atoms with E-state index in [9.17, 15) is 4.79 Å². The van der Waals surface area contributed by atoms with E-state index in [0.717, 1.165) is 5.56 Å². The summed E-state index contributed by atoms with van der Waals surface area (Å²) in [5.41, 5.74) is 7.69. The Hall–Kier alpha value is -1.65. The van der Waals surface area contributed by atoms with Crippen molar-refractivity contribution >= 4 is 34.8 Å². The van der Waals surface area contributed by atoms with Crippen LogP contribution in [-0.4, -0.2) is 17.0 Å². The summed E-state index contributed by atoms with van der Waals surface area (Å²) in [7, 11) is 1.78. The van der Waals surface area contributed by atoms with Crippen molar-refractivity contribution in [2.75, 3.05) is 12.3 Å². The zero-order valence-corrected chi connectivity index (χ0v) is 12.5. The Morgan fingerprint density at radius 1 is 1.35 bits per heavy atom. The Labute approximate surface area is 127 Å². The molecule has 106 valence electrons. The van der Waals surface area contributed by atoms with Gasteiger partial charge in [-0.05, 0) is 30.2 Å². The van der Waals surface area contributed by atoms with Gasteiger partial charge < -0.3 is 15.6 Å². The molecule has 0 aliphatic carbocycles. The maximum absolute atomic E-state index is 12.0. The lowest BCUT2D eigenvalue weighted by atomic mass is 10.1. The number of rotatable bonds is 4. The van der Waals surface area contributed by atoms with E-state index in [-0.39, 0.29) is 5.91 Å². The Morgan fingerprint density at radius 3 is 2.70 bits per heavy atom. The van der Waals surface area contributed by atoms with Gasteiger partial charge in [0.15, 0.2) is 0 Å². The molecule has 0 saturated carbocycles. The fraction of sp³-hybridized carbons (Fsp3) is 0.214. The summed E-state index contributed by atoms with van der Waals surface area (Å²) in [6.07, 6.45) is 2.34. The summed E-state index contributed by atoms with van der Waals surface area (Å²) in [6.45, 7) is 0.491. The monoisotopic (exact) mass is 311 g/mol. The van der Waals surface area contributed by atoms with Crippen LogP contribution in [0.5, 0.6) is 0 Å². The first-order valence-corrected chi connectivity index (χ1v) is 6.87. The molecule has 0 spiro atoms. The zero-order chi connectivity index (χ0) is 14.7. The number of halogens is 2. The minimum atomic E-state index is -0.158. The number of nitrogen functional groups attached to an aromatic ring is 1. The van der Waals surface area contributed by atoms with E-state index in [1.54, 1.807) is 36.0 Å². The molecule has 2 rings (SSSR count). The van der Waals surface area contributed by atoms with Crippen LogP contribution >= 0.6 is 23.2 Å². The van der Waals surface area contributed by atoms with Gasteiger partial charge in [-0.1, -0.05) is 29.3 Å². The molecule has 0 unspecified atom stereocenters. The van der Waals surface area contributed by atoms with E-state index in [4.69, 9.17) is 28.9 Å². The predicted octanol–water partition coefficient (Wildman–Crippen LogP) is 2.89. The predicted molar refractivity (Wildman–Crippen MR) is 82.3 cm³/mol. The van der Waals surface area contributed by atoms with Crippen molar-refractivity contribution in [1.29, 1.82) is 0 Å². The Kier molecular flexibility index (Phi) is 4.57. The van der Waals surface area contributed by atoms with E-state index in [1.807, 2.05) is 6.07 Å². The number of hydrogen-bond acceptors (Lipinski definition) is 2. The molecule has 1 heterocycles. The van der Waals surface area contributed by atoms with Crippen LogP contribution in [0.15, 0.2) is 30.5 Å². The number of anilines is 1. The summed E-state index contributed by atoms with van der Waals surface area (Å²) in [4.78, 5) is 12.0. The number of nitrogens with one attached hydrogen (secondary N) is 1. The molecular weight excluding hydrogens is 297 g/mol. The van der Waals surface area contributed by atoms with Gasteiger partial charge in [0.05, 0.1) is 5.69 Å². The van der Waals surface area contributed by atoms with Crippen LogP contribution in [0, 0.1) is 0 Å². The lowest BCUT2D eigenvalue weighted by Gasteiger charge is -2.07. The van der Waals surface area contributed by atoms with Crippen molar-refractivity contribution in [3.63, 3.8) is 0 Å². The van der Waals surface area contributed by atoms with Gasteiger partial charge in [-0.2, -0.15) is 0 Å². The molecule has 0 bridgehead atoms. The molecule has 6 heteroatoms. The number of nitrogens with two attached hydrogens (primary N) is 1. The molecule has 0 fully saturated rings. The smallest absolute Gasteiger partial charge is 0.267 e. The van der Waals surface area contributed by atoms with E-state index in [1.165, 1.54) is 0 Å². The molecule has 0 atom stereocenters. The fourth-order valence-electron chi connectivity index (χ4n) is 1.94.